The molecule has 8 nitrogen and oxygen atoms in total. The molecule has 1 heterocycles. The average Bonchev–Trinajstić information content (AvgIpc) is 3.18. The van der Waals surface area contributed by atoms with Crippen LogP contribution >= 0.6 is 0 Å². The van der Waals surface area contributed by atoms with Crippen LogP contribution in [0.5, 0.6) is 17.2 Å². The number of ether oxygens (including phenoxy) is 2. The predicted octanol–water partition coefficient (Wildman–Crippen LogP) is 4.21. The minimum absolute atomic E-state index is 0.0345. The zero-order valence-corrected chi connectivity index (χ0v) is 17.8. The van der Waals surface area contributed by atoms with E-state index in [1.54, 1.807) is 25.3 Å². The molecule has 3 aromatic carbocycles. The van der Waals surface area contributed by atoms with Crippen molar-refractivity contribution < 1.29 is 19.5 Å². The Bertz CT molecular complexity index is 1100. The molecule has 166 valence electrons. The van der Waals surface area contributed by atoms with Crippen molar-refractivity contribution in [1.82, 2.24) is 10.9 Å². The molecular formula is C24H25N3O5. The Hall–Kier alpha value is -3.62. The number of aromatic hydroxyl groups is 1. The summed E-state index contributed by atoms with van der Waals surface area (Å²) >= 11 is 0. The summed E-state index contributed by atoms with van der Waals surface area (Å²) in [6.45, 7) is 2.32. The van der Waals surface area contributed by atoms with Crippen LogP contribution in [-0.2, 0) is 6.61 Å². The Morgan fingerprint density at radius 1 is 1.03 bits per heavy atom. The van der Waals surface area contributed by atoms with E-state index in [-0.39, 0.29) is 36.0 Å². The molecule has 0 saturated carbocycles. The minimum atomic E-state index is -0.438. The van der Waals surface area contributed by atoms with E-state index in [2.05, 4.69) is 17.8 Å². The summed E-state index contributed by atoms with van der Waals surface area (Å²) in [5, 5.41) is 21.5. The van der Waals surface area contributed by atoms with Crippen molar-refractivity contribution in [1.29, 1.82) is 0 Å². The van der Waals surface area contributed by atoms with Gasteiger partial charge >= 0.3 is 0 Å². The van der Waals surface area contributed by atoms with Crippen LogP contribution in [0.4, 0.5) is 5.69 Å². The second-order valence-electron chi connectivity index (χ2n) is 7.76. The Morgan fingerprint density at radius 2 is 1.78 bits per heavy atom. The summed E-state index contributed by atoms with van der Waals surface area (Å²) in [7, 11) is 1.66. The van der Waals surface area contributed by atoms with E-state index in [4.69, 9.17) is 9.47 Å². The Morgan fingerprint density at radius 3 is 2.47 bits per heavy atom. The van der Waals surface area contributed by atoms with E-state index in [0.717, 1.165) is 22.4 Å². The lowest BCUT2D eigenvalue weighted by atomic mass is 9.83. The van der Waals surface area contributed by atoms with Gasteiger partial charge in [0.25, 0.3) is 5.69 Å². The topological polar surface area (TPSA) is 106 Å². The number of para-hydroxylation sites is 1. The van der Waals surface area contributed by atoms with Crippen LogP contribution in [0.1, 0.15) is 35.6 Å². The maximum atomic E-state index is 10.8. The highest BCUT2D eigenvalue weighted by Gasteiger charge is 2.38. The summed E-state index contributed by atoms with van der Waals surface area (Å²) in [5.74, 6) is 1.49. The number of nitrogens with one attached hydrogen (secondary N) is 2. The van der Waals surface area contributed by atoms with Gasteiger partial charge in [0.1, 0.15) is 23.9 Å². The van der Waals surface area contributed by atoms with Crippen molar-refractivity contribution in [3.8, 4) is 17.2 Å². The van der Waals surface area contributed by atoms with Gasteiger partial charge in [-0.05, 0) is 36.8 Å². The fraction of sp³-hybridized carbons (Fsp3) is 0.250. The quantitative estimate of drug-likeness (QED) is 0.377. The molecule has 0 radical (unpaired) electrons. The molecule has 1 saturated heterocycles. The van der Waals surface area contributed by atoms with Crippen molar-refractivity contribution in [2.24, 2.45) is 0 Å². The number of hydrazine groups is 1. The molecule has 8 heteroatoms. The van der Waals surface area contributed by atoms with Gasteiger partial charge in [0, 0.05) is 41.3 Å². The van der Waals surface area contributed by atoms with Gasteiger partial charge in [-0.25, -0.2) is 5.43 Å². The zero-order chi connectivity index (χ0) is 22.7. The smallest absolute Gasteiger partial charge is 0.269 e. The lowest BCUT2D eigenvalue weighted by Crippen LogP contribution is -2.29. The fourth-order valence-corrected chi connectivity index (χ4v) is 4.11. The maximum absolute atomic E-state index is 10.8. The minimum Gasteiger partial charge on any atom is -0.507 e. The van der Waals surface area contributed by atoms with Crippen molar-refractivity contribution in [2.45, 2.75) is 31.5 Å². The molecule has 0 aliphatic carbocycles. The van der Waals surface area contributed by atoms with E-state index < -0.39 is 4.92 Å². The number of phenolic OH excluding ortho intramolecular Hbond substituents is 1. The monoisotopic (exact) mass is 435 g/mol. The van der Waals surface area contributed by atoms with Crippen LogP contribution < -0.4 is 20.3 Å². The third kappa shape index (κ3) is 4.37. The molecule has 32 heavy (non-hydrogen) atoms. The van der Waals surface area contributed by atoms with Gasteiger partial charge < -0.3 is 14.6 Å². The number of nitrogens with zero attached hydrogens (tertiary/aromatic N) is 1. The Kier molecular flexibility index (Phi) is 6.25. The average molecular weight is 435 g/mol. The number of nitro groups is 1. The molecule has 1 fully saturated rings. The first-order chi connectivity index (χ1) is 15.5. The van der Waals surface area contributed by atoms with Crippen LogP contribution in [0.15, 0.2) is 66.7 Å². The molecule has 1 aliphatic heterocycles. The molecular weight excluding hydrogens is 410 g/mol. The first kappa shape index (κ1) is 21.6. The highest BCUT2D eigenvalue weighted by Crippen LogP contribution is 2.43. The number of non-ortho nitro benzene ring substituents is 1. The summed E-state index contributed by atoms with van der Waals surface area (Å²) in [4.78, 5) is 10.3. The van der Waals surface area contributed by atoms with Gasteiger partial charge in [0.15, 0.2) is 0 Å². The third-order valence-corrected chi connectivity index (χ3v) is 5.75. The van der Waals surface area contributed by atoms with E-state index in [9.17, 15) is 15.2 Å². The highest BCUT2D eigenvalue weighted by molar-refractivity contribution is 5.46. The summed E-state index contributed by atoms with van der Waals surface area (Å²) in [6.07, 6.45) is 0. The van der Waals surface area contributed by atoms with Crippen LogP contribution in [0, 0.1) is 10.1 Å². The lowest BCUT2D eigenvalue weighted by molar-refractivity contribution is -0.384. The Labute approximate surface area is 185 Å². The number of nitro benzene ring substituents is 1. The SMILES string of the molecule is COc1ccccc1C1C(C)NNC1c1ccc(OCc2ccc([N+](=O)[O-])cc2)cc1O. The number of phenols is 1. The molecule has 0 aromatic heterocycles. The molecule has 3 aromatic rings. The molecule has 0 spiro atoms. The van der Waals surface area contributed by atoms with Crippen molar-refractivity contribution in [3.63, 3.8) is 0 Å². The fourth-order valence-electron chi connectivity index (χ4n) is 4.11. The third-order valence-electron chi connectivity index (χ3n) is 5.75. The number of hydrogen-bond acceptors (Lipinski definition) is 7. The number of methoxy groups -OCH3 is 1. The number of benzene rings is 3. The van der Waals surface area contributed by atoms with Crippen LogP contribution in [0.25, 0.3) is 0 Å². The van der Waals surface area contributed by atoms with E-state index in [0.29, 0.717) is 5.75 Å². The van der Waals surface area contributed by atoms with Crippen molar-refractivity contribution in [3.05, 3.63) is 93.5 Å². The normalized spacial score (nSPS) is 20.1. The first-order valence-corrected chi connectivity index (χ1v) is 10.3. The van der Waals surface area contributed by atoms with E-state index in [1.807, 2.05) is 36.4 Å². The van der Waals surface area contributed by atoms with Crippen molar-refractivity contribution in [2.75, 3.05) is 7.11 Å². The number of hydrogen-bond donors (Lipinski definition) is 3. The van der Waals surface area contributed by atoms with Gasteiger partial charge in [0.05, 0.1) is 18.1 Å². The van der Waals surface area contributed by atoms with Gasteiger partial charge in [-0.15, -0.1) is 0 Å². The van der Waals surface area contributed by atoms with Gasteiger partial charge in [-0.3, -0.25) is 15.5 Å². The predicted molar refractivity (Wildman–Crippen MR) is 120 cm³/mol. The van der Waals surface area contributed by atoms with Gasteiger partial charge in [-0.2, -0.15) is 0 Å². The second-order valence-corrected chi connectivity index (χ2v) is 7.76. The van der Waals surface area contributed by atoms with E-state index in [1.165, 1.54) is 12.1 Å². The lowest BCUT2D eigenvalue weighted by Gasteiger charge is -2.24. The van der Waals surface area contributed by atoms with Crippen LogP contribution in [-0.4, -0.2) is 23.2 Å². The zero-order valence-electron chi connectivity index (χ0n) is 17.8. The number of rotatable bonds is 7. The standard InChI is InChI=1S/C24H25N3O5/c1-15-23(20-5-3-4-6-22(20)31-2)24(26-25-15)19-12-11-18(13-21(19)28)32-14-16-7-9-17(10-8-16)27(29)30/h3-13,15,23-26,28H,14H2,1-2H3. The van der Waals surface area contributed by atoms with Crippen LogP contribution in [0.3, 0.4) is 0 Å². The first-order valence-electron chi connectivity index (χ1n) is 10.3. The molecule has 0 bridgehead atoms. The summed E-state index contributed by atoms with van der Waals surface area (Å²) in [6, 6.07) is 19.3. The van der Waals surface area contributed by atoms with Gasteiger partial charge in [-0.1, -0.05) is 24.3 Å². The van der Waals surface area contributed by atoms with Crippen molar-refractivity contribution >= 4 is 5.69 Å². The van der Waals surface area contributed by atoms with Crippen LogP contribution in [0.2, 0.25) is 0 Å². The summed E-state index contributed by atoms with van der Waals surface area (Å²) in [5.41, 5.74) is 9.21. The maximum Gasteiger partial charge on any atom is 0.269 e. The molecule has 3 N–H and O–H groups in total. The van der Waals surface area contributed by atoms with E-state index >= 15 is 0 Å². The molecule has 3 atom stereocenters. The largest absolute Gasteiger partial charge is 0.507 e. The summed E-state index contributed by atoms with van der Waals surface area (Å²) < 4.78 is 11.3. The molecule has 1 aliphatic rings. The van der Waals surface area contributed by atoms with Gasteiger partial charge in [0.2, 0.25) is 0 Å². The highest BCUT2D eigenvalue weighted by atomic mass is 16.6. The molecule has 0 amide bonds. The molecule has 3 unspecified atom stereocenters. The molecule has 4 rings (SSSR count). The Balaban J connectivity index is 1.51. The second kappa shape index (κ2) is 9.25.